The molecule has 2 N–H and O–H groups in total. The monoisotopic (exact) mass is 337 g/mol. The Balaban J connectivity index is 1.63. The van der Waals surface area contributed by atoms with Crippen LogP contribution >= 0.6 is 0 Å². The van der Waals surface area contributed by atoms with Gasteiger partial charge < -0.3 is 15.3 Å². The summed E-state index contributed by atoms with van der Waals surface area (Å²) in [4.78, 5) is 26.3. The second-order valence-corrected chi connectivity index (χ2v) is 7.80. The van der Waals surface area contributed by atoms with Crippen molar-refractivity contribution in [3.05, 3.63) is 16.8 Å². The minimum Gasteiger partial charge on any atom is -0.391 e. The molecule has 1 spiro atoms. The number of nitrogens with one attached hydrogen (secondary N) is 1. The van der Waals surface area contributed by atoms with E-state index < -0.39 is 6.10 Å². The zero-order chi connectivity index (χ0) is 17.6. The fourth-order valence-corrected chi connectivity index (χ4v) is 4.91. The highest BCUT2D eigenvalue weighted by Gasteiger charge is 2.58. The molecule has 1 aromatic heterocycles. The van der Waals surface area contributed by atoms with Gasteiger partial charge in [0.2, 0.25) is 5.91 Å². The summed E-state index contributed by atoms with van der Waals surface area (Å²) >= 11 is 0. The molecule has 2 aliphatic rings. The molecule has 4 atom stereocenters. The van der Waals surface area contributed by atoms with Crippen LogP contribution in [-0.2, 0) is 18.4 Å². The van der Waals surface area contributed by atoms with E-state index in [1.807, 2.05) is 0 Å². The maximum Gasteiger partial charge on any atom is 0.345 e. The molecule has 3 rings (SSSR count). The lowest BCUT2D eigenvalue weighted by Crippen LogP contribution is -2.64. The van der Waals surface area contributed by atoms with Crippen LogP contribution in [0.5, 0.6) is 0 Å². The molecule has 1 amide bonds. The zero-order valence-electron chi connectivity index (χ0n) is 14.8. The molecular weight excluding hydrogens is 310 g/mol. The fraction of sp³-hybridized carbons (Fsp3) is 0.812. The van der Waals surface area contributed by atoms with Gasteiger partial charge in [-0.25, -0.2) is 9.48 Å². The van der Waals surface area contributed by atoms with Gasteiger partial charge >= 0.3 is 5.69 Å². The van der Waals surface area contributed by atoms with Crippen molar-refractivity contribution in [1.82, 2.24) is 24.6 Å². The van der Waals surface area contributed by atoms with Crippen LogP contribution in [0.15, 0.2) is 11.1 Å². The molecule has 2 fully saturated rings. The summed E-state index contributed by atoms with van der Waals surface area (Å²) in [5.41, 5.74) is -0.239. The topological polar surface area (TPSA) is 92.4 Å². The molecule has 1 saturated carbocycles. The molecule has 0 bridgehead atoms. The number of rotatable bonds is 4. The molecular formula is C16H27N5O3. The highest BCUT2D eigenvalue weighted by atomic mass is 16.3. The Morgan fingerprint density at radius 2 is 2.17 bits per heavy atom. The van der Waals surface area contributed by atoms with E-state index in [1.165, 1.54) is 10.9 Å². The Bertz CT molecular complexity index is 677. The molecule has 1 aliphatic carbocycles. The standard InChI is InChI=1S/C16H27N5O3/c1-10(2)14-16(8-19(14)3)5-11(12(22)6-16)18-13(23)7-21-15(24)20(4)9-17-21/h9-12,14,22H,5-8H2,1-4H3,(H,18,23)/t11-,12-,14?,16?/m1/s1. The summed E-state index contributed by atoms with van der Waals surface area (Å²) in [5.74, 6) is 0.225. The molecule has 134 valence electrons. The first kappa shape index (κ1) is 17.2. The average molecular weight is 337 g/mol. The predicted molar refractivity (Wildman–Crippen MR) is 88.3 cm³/mol. The molecule has 2 unspecified atom stereocenters. The lowest BCUT2D eigenvalue weighted by atomic mass is 9.66. The maximum absolute atomic E-state index is 12.2. The summed E-state index contributed by atoms with van der Waals surface area (Å²) in [5, 5.41) is 17.2. The first-order chi connectivity index (χ1) is 11.2. The number of carbonyl (C=O) groups is 1. The zero-order valence-corrected chi connectivity index (χ0v) is 14.8. The smallest absolute Gasteiger partial charge is 0.345 e. The van der Waals surface area contributed by atoms with E-state index in [2.05, 4.69) is 36.2 Å². The number of amides is 1. The van der Waals surface area contributed by atoms with Gasteiger partial charge in [0.05, 0.1) is 12.1 Å². The number of aryl methyl sites for hydroxylation is 1. The Kier molecular flexibility index (Phi) is 4.29. The molecule has 1 aliphatic heterocycles. The van der Waals surface area contributed by atoms with Crippen LogP contribution in [0.2, 0.25) is 0 Å². The second-order valence-electron chi connectivity index (χ2n) is 7.80. The molecule has 2 heterocycles. The van der Waals surface area contributed by atoms with E-state index in [0.717, 1.165) is 17.6 Å². The van der Waals surface area contributed by atoms with E-state index in [-0.39, 0.29) is 29.6 Å². The van der Waals surface area contributed by atoms with E-state index in [4.69, 9.17) is 0 Å². The number of hydrogen-bond donors (Lipinski definition) is 2. The number of nitrogens with zero attached hydrogens (tertiary/aromatic N) is 4. The van der Waals surface area contributed by atoms with Crippen LogP contribution in [0.3, 0.4) is 0 Å². The van der Waals surface area contributed by atoms with Gasteiger partial charge in [-0.15, -0.1) is 0 Å². The molecule has 0 radical (unpaired) electrons. The number of carbonyl (C=O) groups excluding carboxylic acids is 1. The van der Waals surface area contributed by atoms with Crippen LogP contribution in [0.4, 0.5) is 0 Å². The summed E-state index contributed by atoms with van der Waals surface area (Å²) in [6.07, 6.45) is 2.34. The minimum atomic E-state index is -0.538. The normalized spacial score (nSPS) is 33.2. The van der Waals surface area contributed by atoms with Crippen molar-refractivity contribution in [3.63, 3.8) is 0 Å². The minimum absolute atomic E-state index is 0.0854. The SMILES string of the molecule is CC(C)C1N(C)CC12C[C@@H](O)[C@H](NC(=O)Cn1ncn(C)c1=O)C2. The Hall–Kier alpha value is -1.67. The molecule has 8 nitrogen and oxygen atoms in total. The van der Waals surface area contributed by atoms with E-state index in [1.54, 1.807) is 7.05 Å². The Morgan fingerprint density at radius 1 is 1.46 bits per heavy atom. The number of aliphatic hydroxyl groups is 1. The molecule has 0 aromatic carbocycles. The number of aromatic nitrogens is 3. The third kappa shape index (κ3) is 2.77. The number of aliphatic hydroxyl groups excluding tert-OH is 1. The van der Waals surface area contributed by atoms with Gasteiger partial charge in [-0.3, -0.25) is 9.36 Å². The molecule has 1 aromatic rings. The summed E-state index contributed by atoms with van der Waals surface area (Å²) in [7, 11) is 3.70. The van der Waals surface area contributed by atoms with Gasteiger partial charge in [0, 0.05) is 25.0 Å². The first-order valence-corrected chi connectivity index (χ1v) is 8.49. The summed E-state index contributed by atoms with van der Waals surface area (Å²) in [6, 6.07) is 0.180. The third-order valence-electron chi connectivity index (χ3n) is 5.53. The maximum atomic E-state index is 12.2. The van der Waals surface area contributed by atoms with Crippen molar-refractivity contribution in [3.8, 4) is 0 Å². The van der Waals surface area contributed by atoms with Gasteiger partial charge in [0.25, 0.3) is 0 Å². The lowest BCUT2D eigenvalue weighted by molar-refractivity contribution is -0.123. The predicted octanol–water partition coefficient (Wildman–Crippen LogP) is -0.822. The van der Waals surface area contributed by atoms with Gasteiger partial charge in [-0.2, -0.15) is 5.10 Å². The summed E-state index contributed by atoms with van der Waals surface area (Å²) < 4.78 is 2.45. The van der Waals surface area contributed by atoms with Crippen molar-refractivity contribution in [2.45, 2.75) is 51.4 Å². The quantitative estimate of drug-likeness (QED) is 0.749. The van der Waals surface area contributed by atoms with Gasteiger partial charge in [-0.05, 0) is 25.8 Å². The number of hydrogen-bond acceptors (Lipinski definition) is 5. The van der Waals surface area contributed by atoms with Gasteiger partial charge in [-0.1, -0.05) is 13.8 Å². The third-order valence-corrected chi connectivity index (χ3v) is 5.53. The van der Waals surface area contributed by atoms with E-state index in [0.29, 0.717) is 18.4 Å². The summed E-state index contributed by atoms with van der Waals surface area (Å²) in [6.45, 7) is 5.24. The van der Waals surface area contributed by atoms with Gasteiger partial charge in [0.1, 0.15) is 12.9 Å². The lowest BCUT2D eigenvalue weighted by Gasteiger charge is -2.57. The van der Waals surface area contributed by atoms with Crippen LogP contribution in [0.25, 0.3) is 0 Å². The van der Waals surface area contributed by atoms with Crippen LogP contribution in [-0.4, -0.2) is 62.0 Å². The van der Waals surface area contributed by atoms with Gasteiger partial charge in [0.15, 0.2) is 0 Å². The molecule has 24 heavy (non-hydrogen) atoms. The Labute approximate surface area is 141 Å². The van der Waals surface area contributed by atoms with Crippen LogP contribution in [0, 0.1) is 11.3 Å². The fourth-order valence-electron chi connectivity index (χ4n) is 4.91. The first-order valence-electron chi connectivity index (χ1n) is 8.49. The van der Waals surface area contributed by atoms with Crippen molar-refractivity contribution >= 4 is 5.91 Å². The van der Waals surface area contributed by atoms with Crippen LogP contribution < -0.4 is 11.0 Å². The Morgan fingerprint density at radius 3 is 2.71 bits per heavy atom. The van der Waals surface area contributed by atoms with Crippen LogP contribution in [0.1, 0.15) is 26.7 Å². The van der Waals surface area contributed by atoms with E-state index >= 15 is 0 Å². The van der Waals surface area contributed by atoms with Crippen molar-refractivity contribution < 1.29 is 9.90 Å². The van der Waals surface area contributed by atoms with E-state index in [9.17, 15) is 14.7 Å². The molecule has 8 heteroatoms. The van der Waals surface area contributed by atoms with Crippen molar-refractivity contribution in [2.75, 3.05) is 13.6 Å². The second kappa shape index (κ2) is 6.00. The van der Waals surface area contributed by atoms with Crippen molar-refractivity contribution in [1.29, 1.82) is 0 Å². The number of likely N-dealkylation sites (tertiary alicyclic amines) is 1. The largest absolute Gasteiger partial charge is 0.391 e. The highest BCUT2D eigenvalue weighted by Crippen LogP contribution is 2.52. The average Bonchev–Trinajstić information content (AvgIpc) is 2.93. The van der Waals surface area contributed by atoms with Crippen molar-refractivity contribution in [2.24, 2.45) is 18.4 Å². The highest BCUT2D eigenvalue weighted by molar-refractivity contribution is 5.76. The molecule has 1 saturated heterocycles.